The van der Waals surface area contributed by atoms with Gasteiger partial charge in [-0.05, 0) is 5.70 Å². The smallest absolute Gasteiger partial charge is 0.459 e. The molecule has 0 fully saturated rings. The average Bonchev–Trinajstić information content (AvgIpc) is 2.16. The van der Waals surface area contributed by atoms with Gasteiger partial charge in [-0.15, -0.1) is 6.58 Å². The standard InChI is InChI=1S/C13H20O2Si/c1-7-16(6,14-10-8-12(2)3)15-11-9-13(4)5/h7,12-13H,1H2,2-6H3. The maximum atomic E-state index is 5.41. The first-order chi connectivity index (χ1) is 7.39. The Hall–Kier alpha value is -1.32. The Balaban J connectivity index is 4.41. The minimum Gasteiger partial charge on any atom is -0.459 e. The van der Waals surface area contributed by atoms with Gasteiger partial charge in [0.05, 0.1) is 12.2 Å². The van der Waals surface area contributed by atoms with E-state index >= 15 is 0 Å². The lowest BCUT2D eigenvalue weighted by Gasteiger charge is -2.16. The maximum Gasteiger partial charge on any atom is 0.501 e. The number of hydrogen-bond donors (Lipinski definition) is 0. The second-order valence-corrected chi connectivity index (χ2v) is 7.07. The highest BCUT2D eigenvalue weighted by atomic mass is 28.4. The van der Waals surface area contributed by atoms with E-state index < -0.39 is 8.56 Å². The lowest BCUT2D eigenvalue weighted by atomic mass is 10.2. The molecule has 0 aromatic carbocycles. The van der Waals surface area contributed by atoms with Gasteiger partial charge in [-0.2, -0.15) is 0 Å². The molecule has 0 unspecified atom stereocenters. The summed E-state index contributed by atoms with van der Waals surface area (Å²) in [5.41, 5.74) is 1.68. The van der Waals surface area contributed by atoms with Crippen molar-refractivity contribution in [3.8, 4) is 24.1 Å². The second-order valence-electron chi connectivity index (χ2n) is 4.23. The molecule has 0 aliphatic rings. The third-order valence-electron chi connectivity index (χ3n) is 1.57. The SMILES string of the molecule is C=C[Si](C)(OC#CC(C)C)OC#CC(C)C. The van der Waals surface area contributed by atoms with Gasteiger partial charge < -0.3 is 8.85 Å². The molecule has 2 nitrogen and oxygen atoms in total. The van der Waals surface area contributed by atoms with Crippen LogP contribution in [0.25, 0.3) is 0 Å². The zero-order chi connectivity index (χ0) is 12.6. The van der Waals surface area contributed by atoms with Gasteiger partial charge in [-0.25, -0.2) is 0 Å². The van der Waals surface area contributed by atoms with Gasteiger partial charge in [0.15, 0.2) is 0 Å². The second kappa shape index (κ2) is 7.03. The molecule has 0 heterocycles. The highest BCUT2D eigenvalue weighted by molar-refractivity contribution is 6.71. The third kappa shape index (κ3) is 7.03. The van der Waals surface area contributed by atoms with Crippen molar-refractivity contribution in [3.05, 3.63) is 12.3 Å². The topological polar surface area (TPSA) is 18.5 Å². The largest absolute Gasteiger partial charge is 0.501 e. The van der Waals surface area contributed by atoms with E-state index in [1.54, 1.807) is 5.70 Å². The molecule has 3 heteroatoms. The Labute approximate surface area is 100 Å². The van der Waals surface area contributed by atoms with E-state index in [9.17, 15) is 0 Å². The van der Waals surface area contributed by atoms with E-state index in [1.807, 2.05) is 34.2 Å². The zero-order valence-corrected chi connectivity index (χ0v) is 11.8. The molecule has 0 aromatic heterocycles. The van der Waals surface area contributed by atoms with E-state index in [4.69, 9.17) is 8.85 Å². The molecule has 0 amide bonds. The summed E-state index contributed by atoms with van der Waals surface area (Å²) >= 11 is 0. The van der Waals surface area contributed by atoms with Crippen molar-refractivity contribution in [2.75, 3.05) is 0 Å². The van der Waals surface area contributed by atoms with Crippen LogP contribution in [-0.2, 0) is 8.85 Å². The normalized spacial score (nSPS) is 9.94. The Morgan fingerprint density at radius 2 is 1.38 bits per heavy atom. The van der Waals surface area contributed by atoms with Crippen molar-refractivity contribution < 1.29 is 8.85 Å². The molecule has 0 N–H and O–H groups in total. The van der Waals surface area contributed by atoms with E-state index in [-0.39, 0.29) is 11.8 Å². The van der Waals surface area contributed by atoms with Gasteiger partial charge in [-0.3, -0.25) is 0 Å². The lowest BCUT2D eigenvalue weighted by Crippen LogP contribution is -2.33. The fraction of sp³-hybridized carbons (Fsp3) is 0.538. The van der Waals surface area contributed by atoms with Gasteiger partial charge in [0, 0.05) is 18.4 Å². The molecule has 0 spiro atoms. The molecule has 0 aliphatic heterocycles. The molecule has 0 rings (SSSR count). The van der Waals surface area contributed by atoms with Crippen LogP contribution in [-0.4, -0.2) is 8.56 Å². The van der Waals surface area contributed by atoms with Crippen LogP contribution in [0.1, 0.15) is 27.7 Å². The van der Waals surface area contributed by atoms with E-state index in [2.05, 4.69) is 30.6 Å². The van der Waals surface area contributed by atoms with Crippen molar-refractivity contribution in [3.63, 3.8) is 0 Å². The van der Waals surface area contributed by atoms with Crippen molar-refractivity contribution in [2.45, 2.75) is 34.2 Å². The van der Waals surface area contributed by atoms with Crippen molar-refractivity contribution >= 4 is 8.56 Å². The minimum absolute atomic E-state index is 0.282. The third-order valence-corrected chi connectivity index (χ3v) is 3.33. The van der Waals surface area contributed by atoms with Crippen molar-refractivity contribution in [1.29, 1.82) is 0 Å². The van der Waals surface area contributed by atoms with Gasteiger partial charge in [-0.1, -0.05) is 39.5 Å². The van der Waals surface area contributed by atoms with Gasteiger partial charge in [0.1, 0.15) is 0 Å². The fourth-order valence-electron chi connectivity index (χ4n) is 0.601. The minimum atomic E-state index is -2.44. The average molecular weight is 236 g/mol. The van der Waals surface area contributed by atoms with Gasteiger partial charge in [0.2, 0.25) is 0 Å². The fourth-order valence-corrected chi connectivity index (χ4v) is 1.33. The Kier molecular flexibility index (Phi) is 6.45. The van der Waals surface area contributed by atoms with E-state index in [0.29, 0.717) is 0 Å². The van der Waals surface area contributed by atoms with Crippen LogP contribution < -0.4 is 0 Å². The van der Waals surface area contributed by atoms with Gasteiger partial charge >= 0.3 is 8.56 Å². The molecule has 0 radical (unpaired) electrons. The maximum absolute atomic E-state index is 5.41. The van der Waals surface area contributed by atoms with Crippen LogP contribution in [0, 0.1) is 35.9 Å². The first-order valence-electron chi connectivity index (χ1n) is 5.40. The summed E-state index contributed by atoms with van der Waals surface area (Å²) in [4.78, 5) is 0. The monoisotopic (exact) mass is 236 g/mol. The molecule has 0 bridgehead atoms. The lowest BCUT2D eigenvalue weighted by molar-refractivity contribution is 0.361. The zero-order valence-electron chi connectivity index (χ0n) is 10.8. The number of rotatable bonds is 3. The number of hydrogen-bond acceptors (Lipinski definition) is 2. The van der Waals surface area contributed by atoms with Crippen molar-refractivity contribution in [1.82, 2.24) is 0 Å². The molecule has 0 saturated heterocycles. The highest BCUT2D eigenvalue weighted by Gasteiger charge is 2.30. The quantitative estimate of drug-likeness (QED) is 0.554. The Bertz CT molecular complexity index is 308. The summed E-state index contributed by atoms with van der Waals surface area (Å²) in [5, 5.41) is 0. The molecular weight excluding hydrogens is 216 g/mol. The van der Waals surface area contributed by atoms with Crippen molar-refractivity contribution in [2.24, 2.45) is 11.8 Å². The molecule has 88 valence electrons. The summed E-state index contributed by atoms with van der Waals surface area (Å²) in [5.74, 6) is 6.41. The summed E-state index contributed by atoms with van der Waals surface area (Å²) in [6.07, 6.45) is 5.32. The van der Waals surface area contributed by atoms with Crippen LogP contribution in [0.4, 0.5) is 0 Å². The first-order valence-corrected chi connectivity index (χ1v) is 7.79. The predicted molar refractivity (Wildman–Crippen MR) is 69.2 cm³/mol. The van der Waals surface area contributed by atoms with Gasteiger partial charge in [0.25, 0.3) is 0 Å². The van der Waals surface area contributed by atoms with Crippen LogP contribution in [0.5, 0.6) is 0 Å². The molecular formula is C13H20O2Si. The molecule has 0 aliphatic carbocycles. The summed E-state index contributed by atoms with van der Waals surface area (Å²) in [6.45, 7) is 13.6. The Morgan fingerprint density at radius 1 is 1.00 bits per heavy atom. The van der Waals surface area contributed by atoms with E-state index in [1.165, 1.54) is 0 Å². The molecule has 0 atom stereocenters. The first kappa shape index (κ1) is 14.7. The predicted octanol–water partition coefficient (Wildman–Crippen LogP) is 3.05. The summed E-state index contributed by atoms with van der Waals surface area (Å²) in [6, 6.07) is 0. The molecule has 16 heavy (non-hydrogen) atoms. The summed E-state index contributed by atoms with van der Waals surface area (Å²) < 4.78 is 10.8. The van der Waals surface area contributed by atoms with Crippen LogP contribution in [0.15, 0.2) is 12.3 Å². The van der Waals surface area contributed by atoms with Crippen LogP contribution >= 0.6 is 0 Å². The van der Waals surface area contributed by atoms with Crippen LogP contribution in [0.3, 0.4) is 0 Å². The highest BCUT2D eigenvalue weighted by Crippen LogP contribution is 2.07. The van der Waals surface area contributed by atoms with E-state index in [0.717, 1.165) is 0 Å². The Morgan fingerprint density at radius 3 is 1.62 bits per heavy atom. The molecule has 0 aromatic rings. The summed E-state index contributed by atoms with van der Waals surface area (Å²) in [7, 11) is -2.44. The van der Waals surface area contributed by atoms with Crippen LogP contribution in [0.2, 0.25) is 6.55 Å². The molecule has 0 saturated carbocycles.